The molecule has 27 heteroatoms. The number of likely N-dealkylation sites (tertiary alicyclic amines) is 2. The molecule has 0 spiro atoms. The average Bonchev–Trinajstić information content (AvgIpc) is 3.97. The third kappa shape index (κ3) is 18.5. The van der Waals surface area contributed by atoms with E-state index in [4.69, 9.17) is 32.4 Å². The zero-order chi connectivity index (χ0) is 53.3. The van der Waals surface area contributed by atoms with E-state index < -0.39 is 157 Å². The maximum atomic E-state index is 13.9. The molecule has 0 aliphatic carbocycles. The van der Waals surface area contributed by atoms with Crippen molar-refractivity contribution in [1.82, 2.24) is 41.7 Å². The van der Waals surface area contributed by atoms with Crippen LogP contribution in [0.25, 0.3) is 0 Å². The second kappa shape index (κ2) is 26.2. The molecule has 8 atom stereocenters. The Hall–Kier alpha value is -7.87. The highest BCUT2D eigenvalue weighted by Gasteiger charge is 2.42. The summed E-state index contributed by atoms with van der Waals surface area (Å²) < 4.78 is 10.5. The zero-order valence-corrected chi connectivity index (χ0v) is 40.1. The molecule has 3 rings (SSSR count). The minimum absolute atomic E-state index is 0.00516. The summed E-state index contributed by atoms with van der Waals surface area (Å²) in [5, 5.41) is 13.8. The van der Waals surface area contributed by atoms with Crippen LogP contribution in [0.5, 0.6) is 0 Å². The van der Waals surface area contributed by atoms with Crippen LogP contribution in [0.15, 0.2) is 30.3 Å². The molecule has 27 nitrogen and oxygen atoms in total. The maximum absolute atomic E-state index is 13.9. The topological polar surface area (TPSA) is 423 Å². The van der Waals surface area contributed by atoms with Crippen molar-refractivity contribution in [3.8, 4) is 0 Å². The molecule has 2 aliphatic rings. The van der Waals surface area contributed by atoms with Crippen LogP contribution in [0.4, 0.5) is 4.79 Å². The van der Waals surface area contributed by atoms with E-state index >= 15 is 0 Å². The van der Waals surface area contributed by atoms with Crippen molar-refractivity contribution < 1.29 is 71.8 Å². The number of carbonyl (C=O) groups excluding carboxylic acids is 13. The van der Waals surface area contributed by atoms with Gasteiger partial charge in [0.05, 0.1) is 25.7 Å². The van der Waals surface area contributed by atoms with Crippen LogP contribution in [-0.4, -0.2) is 154 Å². The SMILES string of the molecule is C[C@H](NC(=O)[C@H](CC(N)=O)NC(=O)OC(C)(C)C)C(=O)N[C@@H](CC(N)=O)C(=O)N1CCC[C@H]1C(=O)N[C@@H](CC(N)=O)C(=O)N[C@@H](C)C(=O)N[C@@H](CC(N)=O)C(=O)N1CCC[C@H]1C(=O)OCc1ccccc1. The zero-order valence-electron chi connectivity index (χ0n) is 40.1. The van der Waals surface area contributed by atoms with Crippen LogP contribution in [0.3, 0.4) is 0 Å². The van der Waals surface area contributed by atoms with Gasteiger partial charge < -0.3 is 74.1 Å². The summed E-state index contributed by atoms with van der Waals surface area (Å²) in [6, 6.07) is -3.13. The van der Waals surface area contributed by atoms with Gasteiger partial charge in [-0.05, 0) is 65.9 Å². The molecule has 2 fully saturated rings. The van der Waals surface area contributed by atoms with E-state index in [0.29, 0.717) is 12.0 Å². The number of carbonyl (C=O) groups is 13. The standard InChI is InChI=1S/C44H64N12O15/c1-22(35(61)53-28(20-34(48)60)41(67)56-16-10-14-30(56)42(68)70-21-24-11-7-6-8-12-24)49-37(63)25(17-31(45)57)51-39(65)29-13-9-15-55(29)40(66)27(19-33(47)59)52-36(62)23(2)50-38(64)26(18-32(46)58)54-43(69)71-44(3,4)5/h6-8,11-12,22-23,25-30H,9-10,13-21H2,1-5H3,(H2,45,57)(H2,46,58)(H2,47,59)(H2,48,60)(H,49,63)(H,50,64)(H,51,65)(H,52,62)(H,53,61)(H,54,69)/t22-,23-,25-,26-,27-,28-,29-,30-/m0/s1. The first-order valence-corrected chi connectivity index (χ1v) is 22.6. The van der Waals surface area contributed by atoms with Gasteiger partial charge >= 0.3 is 12.1 Å². The molecule has 390 valence electrons. The predicted molar refractivity (Wildman–Crippen MR) is 245 cm³/mol. The molecule has 2 heterocycles. The van der Waals surface area contributed by atoms with Gasteiger partial charge in [-0.15, -0.1) is 0 Å². The number of amides is 12. The van der Waals surface area contributed by atoms with Gasteiger partial charge in [0.15, 0.2) is 0 Å². The Kier molecular flexibility index (Phi) is 21.2. The lowest BCUT2D eigenvalue weighted by Gasteiger charge is -2.30. The van der Waals surface area contributed by atoms with Gasteiger partial charge in [-0.3, -0.25) is 52.7 Å². The lowest BCUT2D eigenvalue weighted by atomic mass is 10.1. The number of hydrogen-bond acceptors (Lipinski definition) is 15. The number of nitrogens with one attached hydrogen (secondary N) is 6. The van der Waals surface area contributed by atoms with Crippen molar-refractivity contribution in [3.63, 3.8) is 0 Å². The van der Waals surface area contributed by atoms with Crippen molar-refractivity contribution in [2.45, 2.75) is 147 Å². The van der Waals surface area contributed by atoms with Crippen LogP contribution >= 0.6 is 0 Å². The molecule has 0 bridgehead atoms. The highest BCUT2D eigenvalue weighted by Crippen LogP contribution is 2.22. The molecule has 0 saturated carbocycles. The van der Waals surface area contributed by atoms with E-state index in [-0.39, 0.29) is 39.0 Å². The normalized spacial score (nSPS) is 17.9. The number of ether oxygens (including phenoxy) is 2. The molecule has 14 N–H and O–H groups in total. The average molecular weight is 1000 g/mol. The number of benzene rings is 1. The number of nitrogens with zero attached hydrogens (tertiary/aromatic N) is 2. The largest absolute Gasteiger partial charge is 0.459 e. The van der Waals surface area contributed by atoms with Crippen LogP contribution in [0, 0.1) is 0 Å². The van der Waals surface area contributed by atoms with Crippen LogP contribution in [-0.2, 0) is 73.6 Å². The Labute approximate surface area is 408 Å². The predicted octanol–water partition coefficient (Wildman–Crippen LogP) is -4.43. The summed E-state index contributed by atoms with van der Waals surface area (Å²) in [5.41, 5.74) is 21.2. The van der Waals surface area contributed by atoms with Crippen LogP contribution < -0.4 is 54.8 Å². The molecular weight excluding hydrogens is 937 g/mol. The number of primary amides is 4. The summed E-state index contributed by atoms with van der Waals surface area (Å²) in [6.45, 7) is 6.97. The molecule has 0 aromatic heterocycles. The fourth-order valence-corrected chi connectivity index (χ4v) is 7.50. The molecule has 71 heavy (non-hydrogen) atoms. The molecule has 0 unspecified atom stereocenters. The van der Waals surface area contributed by atoms with E-state index in [9.17, 15) is 62.3 Å². The minimum atomic E-state index is -1.74. The molecule has 1 aromatic rings. The summed E-state index contributed by atoms with van der Waals surface area (Å²) in [5.74, 6) is -11.7. The van der Waals surface area contributed by atoms with E-state index in [0.717, 1.165) is 4.90 Å². The van der Waals surface area contributed by atoms with Gasteiger partial charge in [-0.2, -0.15) is 0 Å². The number of esters is 1. The summed E-state index contributed by atoms with van der Waals surface area (Å²) in [6.07, 6.45) is -3.16. The van der Waals surface area contributed by atoms with E-state index in [1.165, 1.54) is 18.7 Å². The lowest BCUT2D eigenvalue weighted by molar-refractivity contribution is -0.155. The first-order chi connectivity index (χ1) is 33.2. The Morgan fingerprint density at radius 2 is 0.972 bits per heavy atom. The van der Waals surface area contributed by atoms with Crippen molar-refractivity contribution in [3.05, 3.63) is 35.9 Å². The Bertz CT molecular complexity index is 2200. The number of alkyl carbamates (subject to hydrolysis) is 1. The second-order valence-corrected chi connectivity index (χ2v) is 18.0. The first kappa shape index (κ1) is 57.4. The summed E-state index contributed by atoms with van der Waals surface area (Å²) in [4.78, 5) is 170. The van der Waals surface area contributed by atoms with Gasteiger partial charge in [0.25, 0.3) is 0 Å². The van der Waals surface area contributed by atoms with Crippen LogP contribution in [0.2, 0.25) is 0 Å². The Morgan fingerprint density at radius 3 is 1.41 bits per heavy atom. The lowest BCUT2D eigenvalue weighted by Crippen LogP contribution is -2.60. The van der Waals surface area contributed by atoms with E-state index in [1.807, 2.05) is 0 Å². The Balaban J connectivity index is 1.69. The smallest absolute Gasteiger partial charge is 0.408 e. The molecule has 0 radical (unpaired) electrons. The monoisotopic (exact) mass is 1000 g/mol. The fraction of sp³-hybridized carbons (Fsp3) is 0.568. The summed E-state index contributed by atoms with van der Waals surface area (Å²) >= 11 is 0. The fourth-order valence-electron chi connectivity index (χ4n) is 7.50. The van der Waals surface area contributed by atoms with Crippen molar-refractivity contribution in [2.75, 3.05) is 13.1 Å². The van der Waals surface area contributed by atoms with Gasteiger partial charge in [0.2, 0.25) is 65.0 Å². The van der Waals surface area contributed by atoms with E-state index in [2.05, 4.69) is 31.9 Å². The highest BCUT2D eigenvalue weighted by atomic mass is 16.6. The molecule has 12 amide bonds. The summed E-state index contributed by atoms with van der Waals surface area (Å²) in [7, 11) is 0. The van der Waals surface area contributed by atoms with Gasteiger partial charge in [-0.1, -0.05) is 30.3 Å². The van der Waals surface area contributed by atoms with Crippen molar-refractivity contribution in [2.24, 2.45) is 22.9 Å². The molecule has 1 aromatic carbocycles. The number of hydrogen-bond donors (Lipinski definition) is 10. The van der Waals surface area contributed by atoms with Gasteiger partial charge in [-0.25, -0.2) is 9.59 Å². The van der Waals surface area contributed by atoms with Gasteiger partial charge in [0, 0.05) is 13.1 Å². The van der Waals surface area contributed by atoms with Crippen LogP contribution in [0.1, 0.15) is 91.5 Å². The molecular formula is C44H64N12O15. The third-order valence-corrected chi connectivity index (χ3v) is 10.9. The second-order valence-electron chi connectivity index (χ2n) is 18.0. The Morgan fingerprint density at radius 1 is 0.563 bits per heavy atom. The highest BCUT2D eigenvalue weighted by molar-refractivity contribution is 6.00. The number of rotatable bonds is 24. The molecule has 2 aliphatic heterocycles. The van der Waals surface area contributed by atoms with Crippen molar-refractivity contribution in [1.29, 1.82) is 0 Å². The van der Waals surface area contributed by atoms with E-state index in [1.54, 1.807) is 51.1 Å². The molecule has 2 saturated heterocycles. The third-order valence-electron chi connectivity index (χ3n) is 10.9. The quantitative estimate of drug-likeness (QED) is 0.0437. The van der Waals surface area contributed by atoms with Gasteiger partial charge in [0.1, 0.15) is 60.5 Å². The van der Waals surface area contributed by atoms with Crippen molar-refractivity contribution >= 4 is 77.0 Å². The maximum Gasteiger partial charge on any atom is 0.408 e. The minimum Gasteiger partial charge on any atom is -0.459 e. The number of nitrogens with two attached hydrogens (primary N) is 4. The first-order valence-electron chi connectivity index (χ1n) is 22.6.